The van der Waals surface area contributed by atoms with E-state index in [1.165, 1.54) is 0 Å². The van der Waals surface area contributed by atoms with Gasteiger partial charge in [0.05, 0.1) is 11.8 Å². The Morgan fingerprint density at radius 2 is 2.22 bits per heavy atom. The van der Waals surface area contributed by atoms with Gasteiger partial charge in [0.1, 0.15) is 5.69 Å². The van der Waals surface area contributed by atoms with Gasteiger partial charge < -0.3 is 9.88 Å². The number of benzene rings is 1. The Bertz CT molecular complexity index is 712. The van der Waals surface area contributed by atoms with Gasteiger partial charge in [-0.15, -0.1) is 0 Å². The van der Waals surface area contributed by atoms with E-state index in [9.17, 15) is 4.79 Å². The van der Waals surface area contributed by atoms with Crippen LogP contribution in [0.2, 0.25) is 0 Å². The largest absolute Gasteiger partial charge is 0.340 e. The number of aromatic amines is 1. The number of hydrogen-bond donors (Lipinski definition) is 2. The molecule has 1 amide bonds. The predicted octanol–water partition coefficient (Wildman–Crippen LogP) is 1.55. The van der Waals surface area contributed by atoms with Crippen molar-refractivity contribution in [2.75, 3.05) is 5.32 Å². The van der Waals surface area contributed by atoms with Crippen LogP contribution in [0.15, 0.2) is 36.8 Å². The minimum atomic E-state index is -0.271. The van der Waals surface area contributed by atoms with Crippen molar-refractivity contribution in [1.29, 1.82) is 0 Å². The third-order valence-corrected chi connectivity index (χ3v) is 2.64. The molecular formula is C12H11N5O. The van der Waals surface area contributed by atoms with Crippen LogP contribution in [0.5, 0.6) is 0 Å². The molecule has 0 aliphatic carbocycles. The summed E-state index contributed by atoms with van der Waals surface area (Å²) in [6, 6.07) is 7.60. The van der Waals surface area contributed by atoms with Gasteiger partial charge in [0.15, 0.2) is 5.82 Å². The van der Waals surface area contributed by atoms with E-state index in [4.69, 9.17) is 0 Å². The highest BCUT2D eigenvalue weighted by Crippen LogP contribution is 2.19. The molecule has 0 aliphatic rings. The van der Waals surface area contributed by atoms with Gasteiger partial charge >= 0.3 is 0 Å². The number of H-pyrrole nitrogens is 1. The molecule has 0 bridgehead atoms. The summed E-state index contributed by atoms with van der Waals surface area (Å²) < 4.78 is 1.72. The normalized spacial score (nSPS) is 10.7. The second kappa shape index (κ2) is 3.99. The molecule has 0 unspecified atom stereocenters. The van der Waals surface area contributed by atoms with Gasteiger partial charge in [-0.3, -0.25) is 9.89 Å². The number of para-hydroxylation sites is 1. The summed E-state index contributed by atoms with van der Waals surface area (Å²) in [5.74, 6) is 0.245. The maximum absolute atomic E-state index is 11.9. The van der Waals surface area contributed by atoms with Crippen molar-refractivity contribution in [3.8, 4) is 0 Å². The standard InChI is InChI=1S/C12H11N5O/c1-17-6-10(13-7-17)12(18)14-11-8-4-2-3-5-9(8)15-16-11/h2-7H,1H3,(H2,14,15,16,18). The first-order chi connectivity index (χ1) is 8.74. The number of amides is 1. The Morgan fingerprint density at radius 3 is 3.00 bits per heavy atom. The zero-order valence-corrected chi connectivity index (χ0v) is 9.71. The highest BCUT2D eigenvalue weighted by Gasteiger charge is 2.12. The molecule has 6 heteroatoms. The molecular weight excluding hydrogens is 230 g/mol. The summed E-state index contributed by atoms with van der Waals surface area (Å²) in [4.78, 5) is 15.9. The molecule has 0 saturated heterocycles. The van der Waals surface area contributed by atoms with Crippen LogP contribution in [0.25, 0.3) is 10.9 Å². The maximum Gasteiger partial charge on any atom is 0.277 e. The van der Waals surface area contributed by atoms with Crippen molar-refractivity contribution in [1.82, 2.24) is 19.7 Å². The number of anilines is 1. The van der Waals surface area contributed by atoms with Gasteiger partial charge in [-0.1, -0.05) is 12.1 Å². The van der Waals surface area contributed by atoms with Crippen molar-refractivity contribution in [3.63, 3.8) is 0 Å². The van der Waals surface area contributed by atoms with Crippen molar-refractivity contribution >= 4 is 22.6 Å². The highest BCUT2D eigenvalue weighted by molar-refractivity contribution is 6.06. The van der Waals surface area contributed by atoms with Crippen molar-refractivity contribution in [2.24, 2.45) is 7.05 Å². The summed E-state index contributed by atoms with van der Waals surface area (Å²) in [5.41, 5.74) is 1.25. The first-order valence-electron chi connectivity index (χ1n) is 5.46. The van der Waals surface area contributed by atoms with Gasteiger partial charge in [-0.25, -0.2) is 4.98 Å². The van der Waals surface area contributed by atoms with Gasteiger partial charge in [-0.05, 0) is 12.1 Å². The van der Waals surface area contributed by atoms with E-state index in [1.807, 2.05) is 31.3 Å². The molecule has 6 nitrogen and oxygen atoms in total. The summed E-state index contributed by atoms with van der Waals surface area (Å²) >= 11 is 0. The number of hydrogen-bond acceptors (Lipinski definition) is 3. The third kappa shape index (κ3) is 1.73. The van der Waals surface area contributed by atoms with E-state index in [0.717, 1.165) is 10.9 Å². The molecule has 18 heavy (non-hydrogen) atoms. The average molecular weight is 241 g/mol. The number of aromatic nitrogens is 4. The number of aryl methyl sites for hydroxylation is 1. The van der Waals surface area contributed by atoms with E-state index in [2.05, 4.69) is 20.5 Å². The molecule has 2 aromatic heterocycles. The Labute approximate surface area is 103 Å². The average Bonchev–Trinajstić information content (AvgIpc) is 2.97. The monoisotopic (exact) mass is 241 g/mol. The molecule has 3 rings (SSSR count). The van der Waals surface area contributed by atoms with Crippen LogP contribution in [-0.4, -0.2) is 25.7 Å². The molecule has 0 radical (unpaired) electrons. The number of fused-ring (bicyclic) bond motifs is 1. The highest BCUT2D eigenvalue weighted by atomic mass is 16.2. The van der Waals surface area contributed by atoms with E-state index in [-0.39, 0.29) is 5.91 Å². The first-order valence-corrected chi connectivity index (χ1v) is 5.46. The zero-order chi connectivity index (χ0) is 12.5. The minimum Gasteiger partial charge on any atom is -0.340 e. The smallest absolute Gasteiger partial charge is 0.277 e. The number of nitrogens with zero attached hydrogens (tertiary/aromatic N) is 3. The van der Waals surface area contributed by atoms with Gasteiger partial charge in [0.25, 0.3) is 5.91 Å². The quantitative estimate of drug-likeness (QED) is 0.714. The fourth-order valence-corrected chi connectivity index (χ4v) is 1.76. The predicted molar refractivity (Wildman–Crippen MR) is 67.3 cm³/mol. The molecule has 0 spiro atoms. The molecule has 2 heterocycles. The van der Waals surface area contributed by atoms with Crippen molar-refractivity contribution in [2.45, 2.75) is 0 Å². The fraction of sp³-hybridized carbons (Fsp3) is 0.0833. The van der Waals surface area contributed by atoms with E-state index in [0.29, 0.717) is 11.5 Å². The number of rotatable bonds is 2. The van der Waals surface area contributed by atoms with E-state index < -0.39 is 0 Å². The van der Waals surface area contributed by atoms with Crippen LogP contribution in [0, 0.1) is 0 Å². The maximum atomic E-state index is 11.9. The zero-order valence-electron chi connectivity index (χ0n) is 9.71. The number of imidazole rings is 1. The van der Waals surface area contributed by atoms with Gasteiger partial charge in [0.2, 0.25) is 0 Å². The van der Waals surface area contributed by atoms with Crippen LogP contribution in [-0.2, 0) is 7.05 Å². The lowest BCUT2D eigenvalue weighted by Gasteiger charge is -1.98. The van der Waals surface area contributed by atoms with Crippen LogP contribution >= 0.6 is 0 Å². The molecule has 3 aromatic rings. The number of carbonyl (C=O) groups excluding carboxylic acids is 1. The van der Waals surface area contributed by atoms with Crippen molar-refractivity contribution in [3.05, 3.63) is 42.5 Å². The van der Waals surface area contributed by atoms with Gasteiger partial charge in [0, 0.05) is 18.6 Å². The second-order valence-electron chi connectivity index (χ2n) is 4.00. The van der Waals surface area contributed by atoms with Crippen LogP contribution in [0.1, 0.15) is 10.5 Å². The van der Waals surface area contributed by atoms with E-state index >= 15 is 0 Å². The lowest BCUT2D eigenvalue weighted by molar-refractivity contribution is 0.102. The van der Waals surface area contributed by atoms with Crippen LogP contribution < -0.4 is 5.32 Å². The third-order valence-electron chi connectivity index (χ3n) is 2.64. The lowest BCUT2D eigenvalue weighted by atomic mass is 10.2. The Hall–Kier alpha value is -2.63. The number of carbonyl (C=O) groups is 1. The van der Waals surface area contributed by atoms with E-state index in [1.54, 1.807) is 17.1 Å². The molecule has 0 fully saturated rings. The molecule has 2 N–H and O–H groups in total. The Kier molecular flexibility index (Phi) is 2.33. The molecule has 90 valence electrons. The molecule has 0 atom stereocenters. The second-order valence-corrected chi connectivity index (χ2v) is 4.00. The summed E-state index contributed by atoms with van der Waals surface area (Å²) in [5, 5.41) is 10.5. The molecule has 0 aliphatic heterocycles. The topological polar surface area (TPSA) is 75.6 Å². The minimum absolute atomic E-state index is 0.271. The summed E-state index contributed by atoms with van der Waals surface area (Å²) in [6.07, 6.45) is 3.24. The SMILES string of the molecule is Cn1cnc(C(=O)Nc2n[nH]c3ccccc23)c1. The lowest BCUT2D eigenvalue weighted by Crippen LogP contribution is -2.12. The van der Waals surface area contributed by atoms with Crippen LogP contribution in [0.3, 0.4) is 0 Å². The Balaban J connectivity index is 1.90. The first kappa shape index (κ1) is 10.5. The summed E-state index contributed by atoms with van der Waals surface area (Å²) in [6.45, 7) is 0. The van der Waals surface area contributed by atoms with Crippen LogP contribution in [0.4, 0.5) is 5.82 Å². The molecule has 1 aromatic carbocycles. The fourth-order valence-electron chi connectivity index (χ4n) is 1.76. The summed E-state index contributed by atoms with van der Waals surface area (Å²) in [7, 11) is 1.81. The molecule has 0 saturated carbocycles. The number of nitrogens with one attached hydrogen (secondary N) is 2. The van der Waals surface area contributed by atoms with Gasteiger partial charge in [-0.2, -0.15) is 5.10 Å². The van der Waals surface area contributed by atoms with Crippen molar-refractivity contribution < 1.29 is 4.79 Å². The Morgan fingerprint density at radius 1 is 1.39 bits per heavy atom.